The molecule has 0 saturated carbocycles. The Labute approximate surface area is 95.2 Å². The molecule has 1 rings (SSSR count). The molecule has 2 unspecified atom stereocenters. The zero-order valence-electron chi connectivity index (χ0n) is 8.68. The fourth-order valence-electron chi connectivity index (χ4n) is 1.06. The highest BCUT2D eigenvalue weighted by Crippen LogP contribution is 2.24. The largest absolute Gasteiger partial charge is 0.406 e. The van der Waals surface area contributed by atoms with Gasteiger partial charge in [-0.2, -0.15) is 13.2 Å². The van der Waals surface area contributed by atoms with Crippen LogP contribution in [0.3, 0.4) is 0 Å². The van der Waals surface area contributed by atoms with Crippen molar-refractivity contribution in [3.05, 3.63) is 5.89 Å². The quantitative estimate of drug-likeness (QED) is 0.842. The minimum atomic E-state index is -4.23. The molecular weight excluding hydrogens is 247 g/mol. The summed E-state index contributed by atoms with van der Waals surface area (Å²) in [6.07, 6.45) is -5.20. The average Bonchev–Trinajstić information content (AvgIpc) is 2.48. The molecule has 92 valence electrons. The summed E-state index contributed by atoms with van der Waals surface area (Å²) >= 11 is 5.66. The third-order valence-corrected chi connectivity index (χ3v) is 1.88. The molecule has 4 nitrogen and oxygen atoms in total. The Morgan fingerprint density at radius 3 is 2.44 bits per heavy atom. The standard InChI is InChI=1S/C8H11ClF3N3O/c1-4(3-8(10,11)12)13-7-15-14-6(16-7)5(2)9/h4-5H,3H2,1-2H3,(H,13,15). The van der Waals surface area contributed by atoms with Crippen molar-refractivity contribution >= 4 is 17.6 Å². The van der Waals surface area contributed by atoms with Crippen LogP contribution >= 0.6 is 11.6 Å². The highest BCUT2D eigenvalue weighted by atomic mass is 35.5. The van der Waals surface area contributed by atoms with Crippen LogP contribution in [0.1, 0.15) is 31.5 Å². The number of hydrogen-bond acceptors (Lipinski definition) is 4. The van der Waals surface area contributed by atoms with Crippen LogP contribution in [0.15, 0.2) is 4.42 Å². The first kappa shape index (κ1) is 13.1. The number of nitrogens with zero attached hydrogens (tertiary/aromatic N) is 2. The SMILES string of the molecule is CC(CC(F)(F)F)Nc1nnc(C(C)Cl)o1. The van der Waals surface area contributed by atoms with Crippen LogP contribution in [0.25, 0.3) is 0 Å². The fraction of sp³-hybridized carbons (Fsp3) is 0.750. The van der Waals surface area contributed by atoms with Crippen LogP contribution in [0, 0.1) is 0 Å². The second-order valence-electron chi connectivity index (χ2n) is 3.43. The molecule has 0 amide bonds. The second-order valence-corrected chi connectivity index (χ2v) is 4.08. The van der Waals surface area contributed by atoms with Crippen molar-refractivity contribution in [2.24, 2.45) is 0 Å². The summed E-state index contributed by atoms with van der Waals surface area (Å²) in [6, 6.07) is -0.891. The molecule has 1 aromatic rings. The van der Waals surface area contributed by atoms with Crippen molar-refractivity contribution < 1.29 is 17.6 Å². The van der Waals surface area contributed by atoms with Gasteiger partial charge >= 0.3 is 12.2 Å². The molecule has 1 aromatic heterocycles. The number of nitrogens with one attached hydrogen (secondary N) is 1. The van der Waals surface area contributed by atoms with Gasteiger partial charge in [-0.25, -0.2) is 0 Å². The van der Waals surface area contributed by atoms with Gasteiger partial charge in [0.25, 0.3) is 0 Å². The smallest absolute Gasteiger partial charge is 0.391 e. The maximum atomic E-state index is 12.0. The average molecular weight is 258 g/mol. The third-order valence-electron chi connectivity index (χ3n) is 1.69. The lowest BCUT2D eigenvalue weighted by atomic mass is 10.2. The molecule has 1 heterocycles. The summed E-state index contributed by atoms with van der Waals surface area (Å²) in [5, 5.41) is 9.08. The van der Waals surface area contributed by atoms with Crippen LogP contribution in [-0.4, -0.2) is 22.4 Å². The van der Waals surface area contributed by atoms with Crippen LogP contribution in [0.4, 0.5) is 19.2 Å². The van der Waals surface area contributed by atoms with E-state index in [1.165, 1.54) is 6.92 Å². The van der Waals surface area contributed by atoms with E-state index >= 15 is 0 Å². The lowest BCUT2D eigenvalue weighted by Crippen LogP contribution is -2.23. The maximum absolute atomic E-state index is 12.0. The van der Waals surface area contributed by atoms with Gasteiger partial charge in [0.05, 0.1) is 6.42 Å². The third kappa shape index (κ3) is 4.26. The van der Waals surface area contributed by atoms with Crippen molar-refractivity contribution in [1.29, 1.82) is 0 Å². The molecule has 8 heteroatoms. The second kappa shape index (κ2) is 4.90. The molecule has 16 heavy (non-hydrogen) atoms. The highest BCUT2D eigenvalue weighted by Gasteiger charge is 2.30. The van der Waals surface area contributed by atoms with E-state index in [-0.39, 0.29) is 11.9 Å². The predicted molar refractivity (Wildman–Crippen MR) is 52.3 cm³/mol. The minimum Gasteiger partial charge on any atom is -0.406 e. The van der Waals surface area contributed by atoms with Gasteiger partial charge in [-0.1, -0.05) is 5.10 Å². The van der Waals surface area contributed by atoms with Crippen LogP contribution in [0.5, 0.6) is 0 Å². The summed E-state index contributed by atoms with van der Waals surface area (Å²) in [4.78, 5) is 0. The zero-order chi connectivity index (χ0) is 12.3. The van der Waals surface area contributed by atoms with Gasteiger partial charge in [0.15, 0.2) is 0 Å². The van der Waals surface area contributed by atoms with E-state index in [2.05, 4.69) is 15.5 Å². The predicted octanol–water partition coefficient (Wildman–Crippen LogP) is 3.12. The molecule has 0 aromatic carbocycles. The van der Waals surface area contributed by atoms with E-state index in [9.17, 15) is 13.2 Å². The van der Waals surface area contributed by atoms with Crippen molar-refractivity contribution in [2.45, 2.75) is 37.9 Å². The number of anilines is 1. The van der Waals surface area contributed by atoms with E-state index < -0.39 is 24.0 Å². The monoisotopic (exact) mass is 257 g/mol. The van der Waals surface area contributed by atoms with Crippen LogP contribution in [0.2, 0.25) is 0 Å². The first-order valence-electron chi connectivity index (χ1n) is 4.58. The molecule has 0 spiro atoms. The first-order valence-corrected chi connectivity index (χ1v) is 5.02. The zero-order valence-corrected chi connectivity index (χ0v) is 9.43. The summed E-state index contributed by atoms with van der Waals surface area (Å²) in [7, 11) is 0. The Kier molecular flexibility index (Phi) is 4.01. The van der Waals surface area contributed by atoms with Crippen molar-refractivity contribution in [2.75, 3.05) is 5.32 Å². The van der Waals surface area contributed by atoms with Gasteiger partial charge in [0.1, 0.15) is 5.38 Å². The molecule has 0 fully saturated rings. The van der Waals surface area contributed by atoms with Crippen molar-refractivity contribution in [3.63, 3.8) is 0 Å². The molecule has 0 bridgehead atoms. The van der Waals surface area contributed by atoms with E-state index in [0.717, 1.165) is 0 Å². The summed E-state index contributed by atoms with van der Waals surface area (Å²) in [5.74, 6) is 0.170. The molecule has 0 saturated heterocycles. The lowest BCUT2D eigenvalue weighted by Gasteiger charge is -2.13. The van der Waals surface area contributed by atoms with Gasteiger partial charge < -0.3 is 9.73 Å². The van der Waals surface area contributed by atoms with Gasteiger partial charge in [-0.15, -0.1) is 16.7 Å². The highest BCUT2D eigenvalue weighted by molar-refractivity contribution is 6.20. The van der Waals surface area contributed by atoms with Gasteiger partial charge in [0.2, 0.25) is 5.89 Å². The number of rotatable bonds is 4. The van der Waals surface area contributed by atoms with E-state index in [1.807, 2.05) is 0 Å². The number of aromatic nitrogens is 2. The van der Waals surface area contributed by atoms with E-state index in [1.54, 1.807) is 6.92 Å². The van der Waals surface area contributed by atoms with Gasteiger partial charge in [-0.05, 0) is 13.8 Å². The normalized spacial score (nSPS) is 15.9. The Morgan fingerprint density at radius 2 is 2.00 bits per heavy atom. The number of alkyl halides is 4. The Morgan fingerprint density at radius 1 is 1.38 bits per heavy atom. The summed E-state index contributed by atoms with van der Waals surface area (Å²) in [6.45, 7) is 3.00. The van der Waals surface area contributed by atoms with Crippen molar-refractivity contribution in [1.82, 2.24) is 10.2 Å². The van der Waals surface area contributed by atoms with E-state index in [0.29, 0.717) is 0 Å². The summed E-state index contributed by atoms with van der Waals surface area (Å²) in [5.41, 5.74) is 0. The molecule has 1 N–H and O–H groups in total. The number of hydrogen-bond donors (Lipinski definition) is 1. The Bertz CT molecular complexity index is 340. The Hall–Kier alpha value is -0.980. The summed E-state index contributed by atoms with van der Waals surface area (Å²) < 4.78 is 41.0. The molecular formula is C8H11ClF3N3O. The van der Waals surface area contributed by atoms with Gasteiger partial charge in [0, 0.05) is 6.04 Å². The molecule has 2 atom stereocenters. The fourth-order valence-corrected chi connectivity index (χ4v) is 1.15. The van der Waals surface area contributed by atoms with E-state index in [4.69, 9.17) is 16.0 Å². The number of halogens is 4. The van der Waals surface area contributed by atoms with Crippen molar-refractivity contribution in [3.8, 4) is 0 Å². The molecule has 0 aliphatic carbocycles. The van der Waals surface area contributed by atoms with Crippen LogP contribution in [-0.2, 0) is 0 Å². The van der Waals surface area contributed by atoms with Gasteiger partial charge in [-0.3, -0.25) is 0 Å². The maximum Gasteiger partial charge on any atom is 0.391 e. The molecule has 0 aliphatic rings. The topological polar surface area (TPSA) is 51.0 Å². The molecule has 0 aliphatic heterocycles. The Balaban J connectivity index is 2.53. The minimum absolute atomic E-state index is 0.0562. The lowest BCUT2D eigenvalue weighted by molar-refractivity contribution is -0.136. The van der Waals surface area contributed by atoms with Crippen LogP contribution < -0.4 is 5.32 Å². The molecule has 0 radical (unpaired) electrons. The first-order chi connectivity index (χ1) is 7.28.